The van der Waals surface area contributed by atoms with Crippen LogP contribution in [0.5, 0.6) is 0 Å². The van der Waals surface area contributed by atoms with E-state index in [4.69, 9.17) is 15.1 Å². The minimum absolute atomic E-state index is 0.105. The third kappa shape index (κ3) is 3.82. The van der Waals surface area contributed by atoms with E-state index in [9.17, 15) is 4.79 Å². The van der Waals surface area contributed by atoms with Crippen LogP contribution in [0, 0.1) is 0 Å². The van der Waals surface area contributed by atoms with E-state index in [1.54, 1.807) is 34.8 Å². The highest BCUT2D eigenvalue weighted by atomic mass is 32.1. The van der Waals surface area contributed by atoms with Crippen LogP contribution in [0.15, 0.2) is 53.2 Å². The van der Waals surface area contributed by atoms with Crippen LogP contribution in [0.2, 0.25) is 0 Å². The third-order valence-electron chi connectivity index (χ3n) is 3.83. The number of nitrogens with zero attached hydrogens (tertiary/aromatic N) is 2. The Morgan fingerprint density at radius 2 is 1.63 bits per heavy atom. The van der Waals surface area contributed by atoms with Crippen molar-refractivity contribution in [3.05, 3.63) is 53.2 Å². The van der Waals surface area contributed by atoms with Crippen LogP contribution in [-0.4, -0.2) is 34.3 Å². The summed E-state index contributed by atoms with van der Waals surface area (Å²) in [4.78, 5) is 23.6. The van der Waals surface area contributed by atoms with Crippen LogP contribution in [0.1, 0.15) is 0 Å². The Bertz CT molecular complexity index is 1060. The molecule has 27 heavy (non-hydrogen) atoms. The molecule has 2 amide bonds. The van der Waals surface area contributed by atoms with Gasteiger partial charge in [0.25, 0.3) is 0 Å². The zero-order valence-electron chi connectivity index (χ0n) is 14.2. The SMILES string of the molecule is O=C(NCCO)Nc1ccc2nc(-c3cccs3)c(-c3cccs3)nc2c1. The average Bonchev–Trinajstić information content (AvgIpc) is 3.39. The summed E-state index contributed by atoms with van der Waals surface area (Å²) in [5.74, 6) is 0. The van der Waals surface area contributed by atoms with Crippen molar-refractivity contribution >= 4 is 45.4 Å². The molecule has 0 spiro atoms. The molecular formula is C19H16N4O2S2. The molecule has 3 aromatic heterocycles. The van der Waals surface area contributed by atoms with Gasteiger partial charge in [-0.05, 0) is 41.1 Å². The molecule has 0 unspecified atom stereocenters. The molecule has 0 aliphatic carbocycles. The monoisotopic (exact) mass is 396 g/mol. The Labute approximate surface area is 163 Å². The van der Waals surface area contributed by atoms with Gasteiger partial charge in [-0.2, -0.15) is 0 Å². The molecule has 8 heteroatoms. The smallest absolute Gasteiger partial charge is 0.319 e. The lowest BCUT2D eigenvalue weighted by Crippen LogP contribution is -2.30. The molecule has 0 saturated heterocycles. The number of carbonyl (C=O) groups excluding carboxylic acids is 1. The van der Waals surface area contributed by atoms with Gasteiger partial charge < -0.3 is 15.7 Å². The molecule has 3 N–H and O–H groups in total. The Kier molecular flexibility index (Phi) is 5.10. The molecule has 4 rings (SSSR count). The highest BCUT2D eigenvalue weighted by Crippen LogP contribution is 2.35. The Morgan fingerprint density at radius 3 is 2.22 bits per heavy atom. The number of nitrogens with one attached hydrogen (secondary N) is 2. The lowest BCUT2D eigenvalue weighted by atomic mass is 10.2. The van der Waals surface area contributed by atoms with E-state index in [0.717, 1.165) is 26.7 Å². The van der Waals surface area contributed by atoms with Crippen molar-refractivity contribution in [1.29, 1.82) is 0 Å². The van der Waals surface area contributed by atoms with Crippen molar-refractivity contribution in [2.24, 2.45) is 0 Å². The van der Waals surface area contributed by atoms with Gasteiger partial charge in [-0.3, -0.25) is 0 Å². The van der Waals surface area contributed by atoms with Gasteiger partial charge in [-0.1, -0.05) is 12.1 Å². The predicted molar refractivity (Wildman–Crippen MR) is 110 cm³/mol. The highest BCUT2D eigenvalue weighted by Gasteiger charge is 2.15. The maximum atomic E-state index is 11.8. The number of urea groups is 1. The Morgan fingerprint density at radius 1 is 0.963 bits per heavy atom. The van der Waals surface area contributed by atoms with Crippen LogP contribution >= 0.6 is 22.7 Å². The molecule has 0 atom stereocenters. The number of hydrogen-bond acceptors (Lipinski definition) is 6. The topological polar surface area (TPSA) is 87.1 Å². The molecular weight excluding hydrogens is 380 g/mol. The van der Waals surface area contributed by atoms with E-state index in [1.165, 1.54) is 0 Å². The van der Waals surface area contributed by atoms with Crippen LogP contribution in [0.25, 0.3) is 32.2 Å². The second-order valence-electron chi connectivity index (χ2n) is 5.68. The molecule has 0 radical (unpaired) electrons. The largest absolute Gasteiger partial charge is 0.395 e. The summed E-state index contributed by atoms with van der Waals surface area (Å²) in [5, 5.41) is 18.1. The zero-order valence-corrected chi connectivity index (χ0v) is 15.8. The fourth-order valence-electron chi connectivity index (χ4n) is 2.65. The molecule has 0 fully saturated rings. The lowest BCUT2D eigenvalue weighted by molar-refractivity contribution is 0.245. The average molecular weight is 396 g/mol. The minimum atomic E-state index is -0.370. The van der Waals surface area contributed by atoms with Crippen LogP contribution in [-0.2, 0) is 0 Å². The summed E-state index contributed by atoms with van der Waals surface area (Å²) in [6, 6.07) is 13.1. The van der Waals surface area contributed by atoms with Gasteiger partial charge in [0.1, 0.15) is 11.4 Å². The molecule has 0 aliphatic heterocycles. The first-order valence-corrected chi connectivity index (χ1v) is 10.1. The Balaban J connectivity index is 1.76. The maximum Gasteiger partial charge on any atom is 0.319 e. The highest BCUT2D eigenvalue weighted by molar-refractivity contribution is 7.14. The van der Waals surface area contributed by atoms with Gasteiger partial charge in [-0.15, -0.1) is 22.7 Å². The second-order valence-corrected chi connectivity index (χ2v) is 7.58. The van der Waals surface area contributed by atoms with Crippen LogP contribution < -0.4 is 10.6 Å². The van der Waals surface area contributed by atoms with Crippen LogP contribution in [0.3, 0.4) is 0 Å². The number of aliphatic hydroxyl groups is 1. The normalized spacial score (nSPS) is 10.9. The number of thiophene rings is 2. The number of aromatic nitrogens is 2. The van der Waals surface area contributed by atoms with E-state index < -0.39 is 0 Å². The summed E-state index contributed by atoms with van der Waals surface area (Å²) >= 11 is 3.25. The number of carbonyl (C=O) groups is 1. The van der Waals surface area contributed by atoms with Crippen molar-refractivity contribution in [2.75, 3.05) is 18.5 Å². The Hall–Kier alpha value is -2.81. The van der Waals surface area contributed by atoms with Gasteiger partial charge >= 0.3 is 6.03 Å². The number of rotatable bonds is 5. The van der Waals surface area contributed by atoms with Crippen molar-refractivity contribution in [3.63, 3.8) is 0 Å². The van der Waals surface area contributed by atoms with Gasteiger partial charge in [-0.25, -0.2) is 14.8 Å². The van der Waals surface area contributed by atoms with Crippen LogP contribution in [0.4, 0.5) is 10.5 Å². The standard InChI is InChI=1S/C19H16N4O2S2/c24-8-7-20-19(25)21-12-5-6-13-14(11-12)23-18(16-4-2-10-27-16)17(22-13)15-3-1-9-26-15/h1-6,9-11,24H,7-8H2,(H2,20,21,25). The van der Waals surface area contributed by atoms with Crippen molar-refractivity contribution in [2.45, 2.75) is 0 Å². The van der Waals surface area contributed by atoms with Crippen molar-refractivity contribution < 1.29 is 9.90 Å². The molecule has 1 aromatic carbocycles. The first-order valence-electron chi connectivity index (χ1n) is 8.30. The fraction of sp³-hybridized carbons (Fsp3) is 0.105. The third-order valence-corrected chi connectivity index (χ3v) is 5.58. The number of amides is 2. The van der Waals surface area contributed by atoms with Gasteiger partial charge in [0, 0.05) is 12.2 Å². The molecule has 0 saturated carbocycles. The van der Waals surface area contributed by atoms with E-state index in [1.807, 2.05) is 41.1 Å². The maximum absolute atomic E-state index is 11.8. The molecule has 4 aromatic rings. The fourth-order valence-corrected chi connectivity index (χ4v) is 4.08. The number of fused-ring (bicyclic) bond motifs is 1. The van der Waals surface area contributed by atoms with E-state index in [-0.39, 0.29) is 19.2 Å². The summed E-state index contributed by atoms with van der Waals surface area (Å²) in [6.45, 7) is 0.0954. The molecule has 136 valence electrons. The van der Waals surface area contributed by atoms with E-state index in [0.29, 0.717) is 11.2 Å². The van der Waals surface area contributed by atoms with Gasteiger partial charge in [0.15, 0.2) is 0 Å². The van der Waals surface area contributed by atoms with Gasteiger partial charge in [0.05, 0.1) is 27.4 Å². The predicted octanol–water partition coefficient (Wildman–Crippen LogP) is 4.20. The molecule has 0 bridgehead atoms. The summed E-state index contributed by atoms with van der Waals surface area (Å²) < 4.78 is 0. The number of anilines is 1. The number of hydrogen-bond donors (Lipinski definition) is 3. The molecule has 3 heterocycles. The summed E-state index contributed by atoms with van der Waals surface area (Å²) in [7, 11) is 0. The molecule has 0 aliphatic rings. The lowest BCUT2D eigenvalue weighted by Gasteiger charge is -2.10. The van der Waals surface area contributed by atoms with E-state index >= 15 is 0 Å². The molecule has 6 nitrogen and oxygen atoms in total. The quantitative estimate of drug-likeness (QED) is 0.472. The summed E-state index contributed by atoms with van der Waals surface area (Å²) in [6.07, 6.45) is 0. The minimum Gasteiger partial charge on any atom is -0.395 e. The second kappa shape index (κ2) is 7.83. The number of aliphatic hydroxyl groups excluding tert-OH is 1. The number of benzene rings is 1. The first kappa shape index (κ1) is 17.6. The first-order chi connectivity index (χ1) is 13.2. The van der Waals surface area contributed by atoms with E-state index in [2.05, 4.69) is 10.6 Å². The van der Waals surface area contributed by atoms with Crippen molar-refractivity contribution in [1.82, 2.24) is 15.3 Å². The summed E-state index contributed by atoms with van der Waals surface area (Å²) in [5.41, 5.74) is 3.79. The zero-order chi connectivity index (χ0) is 18.6. The van der Waals surface area contributed by atoms with Crippen molar-refractivity contribution in [3.8, 4) is 21.1 Å². The van der Waals surface area contributed by atoms with Gasteiger partial charge in [0.2, 0.25) is 0 Å².